The largest absolute Gasteiger partial charge is 0.469 e. The zero-order valence-electron chi connectivity index (χ0n) is 11.0. The van der Waals surface area contributed by atoms with Gasteiger partial charge in [-0.25, -0.2) is 0 Å². The van der Waals surface area contributed by atoms with Gasteiger partial charge in [-0.3, -0.25) is 0 Å². The molecular weight excluding hydrogens is 250 g/mol. The van der Waals surface area contributed by atoms with E-state index < -0.39 is 0 Å². The molecule has 5 nitrogen and oxygen atoms in total. The number of ether oxygens (including phenoxy) is 2. The molecule has 0 aromatic carbocycles. The molecule has 0 spiro atoms. The zero-order valence-corrected chi connectivity index (χ0v) is 11.8. The molecule has 0 saturated carbocycles. The molecule has 18 heavy (non-hydrogen) atoms. The fraction of sp³-hybridized carbons (Fsp3) is 0.833. The Balaban J connectivity index is 1.72. The third-order valence-corrected chi connectivity index (χ3v) is 3.73. The molecule has 0 radical (unpaired) electrons. The Labute approximate surface area is 112 Å². The molecule has 1 aromatic rings. The summed E-state index contributed by atoms with van der Waals surface area (Å²) in [4.78, 5) is 0. The minimum absolute atomic E-state index is 0.459. The van der Waals surface area contributed by atoms with E-state index >= 15 is 0 Å². The van der Waals surface area contributed by atoms with Crippen molar-refractivity contribution < 1.29 is 9.47 Å². The highest BCUT2D eigenvalue weighted by Gasteiger charge is 2.15. The van der Waals surface area contributed by atoms with Crippen LogP contribution in [0, 0.1) is 5.92 Å². The van der Waals surface area contributed by atoms with Crippen LogP contribution in [0.25, 0.3) is 0 Å². The lowest BCUT2D eigenvalue weighted by Gasteiger charge is -2.21. The van der Waals surface area contributed by atoms with Gasteiger partial charge in [0.1, 0.15) is 5.01 Å². The normalized spacial score (nSPS) is 17.3. The number of rotatable bonds is 6. The van der Waals surface area contributed by atoms with E-state index in [4.69, 9.17) is 9.47 Å². The van der Waals surface area contributed by atoms with Gasteiger partial charge in [0.05, 0.1) is 13.2 Å². The Kier molecular flexibility index (Phi) is 5.34. The molecule has 0 amide bonds. The Morgan fingerprint density at radius 1 is 1.39 bits per heavy atom. The monoisotopic (exact) mass is 271 g/mol. The molecule has 1 aliphatic rings. The first-order valence-electron chi connectivity index (χ1n) is 6.50. The highest BCUT2D eigenvalue weighted by molar-refractivity contribution is 7.13. The van der Waals surface area contributed by atoms with Crippen molar-refractivity contribution in [3.8, 4) is 5.19 Å². The highest BCUT2D eigenvalue weighted by atomic mass is 32.1. The second-order valence-corrected chi connectivity index (χ2v) is 5.89. The van der Waals surface area contributed by atoms with Crippen LogP contribution in [0.5, 0.6) is 5.19 Å². The summed E-state index contributed by atoms with van der Waals surface area (Å²) in [6.45, 7) is 7.43. The van der Waals surface area contributed by atoms with Crippen molar-refractivity contribution in [1.29, 1.82) is 0 Å². The molecule has 1 fully saturated rings. The second kappa shape index (κ2) is 7.01. The van der Waals surface area contributed by atoms with Gasteiger partial charge in [0.2, 0.25) is 0 Å². The lowest BCUT2D eigenvalue weighted by atomic mass is 10.0. The smallest absolute Gasteiger partial charge is 0.294 e. The van der Waals surface area contributed by atoms with Gasteiger partial charge >= 0.3 is 0 Å². The molecular formula is C12H21N3O2S. The Morgan fingerprint density at radius 3 is 2.89 bits per heavy atom. The van der Waals surface area contributed by atoms with Crippen molar-refractivity contribution in [2.24, 2.45) is 5.92 Å². The van der Waals surface area contributed by atoms with Gasteiger partial charge in [-0.05, 0) is 18.8 Å². The third-order valence-electron chi connectivity index (χ3n) is 2.89. The molecule has 0 atom stereocenters. The van der Waals surface area contributed by atoms with Crippen molar-refractivity contribution >= 4 is 11.3 Å². The maximum atomic E-state index is 5.69. The number of nitrogens with one attached hydrogen (secondary N) is 1. The summed E-state index contributed by atoms with van der Waals surface area (Å²) in [5.41, 5.74) is 0. The van der Waals surface area contributed by atoms with Crippen LogP contribution >= 0.6 is 11.3 Å². The van der Waals surface area contributed by atoms with Crippen molar-refractivity contribution in [3.63, 3.8) is 0 Å². The van der Waals surface area contributed by atoms with Crippen LogP contribution in [-0.4, -0.2) is 36.1 Å². The van der Waals surface area contributed by atoms with E-state index in [1.807, 2.05) is 0 Å². The van der Waals surface area contributed by atoms with Gasteiger partial charge in [0, 0.05) is 19.3 Å². The first-order chi connectivity index (χ1) is 8.74. The van der Waals surface area contributed by atoms with Crippen molar-refractivity contribution in [1.82, 2.24) is 15.5 Å². The van der Waals surface area contributed by atoms with Gasteiger partial charge in [-0.2, -0.15) is 0 Å². The van der Waals surface area contributed by atoms with Gasteiger partial charge in [-0.15, -0.1) is 10.2 Å². The summed E-state index contributed by atoms with van der Waals surface area (Å²) in [5.74, 6) is 0.597. The quantitative estimate of drug-likeness (QED) is 0.855. The van der Waals surface area contributed by atoms with Gasteiger partial charge in [0.25, 0.3) is 5.19 Å². The lowest BCUT2D eigenvalue weighted by molar-refractivity contribution is 0.0496. The minimum atomic E-state index is 0.459. The van der Waals surface area contributed by atoms with Crippen LogP contribution in [0.2, 0.25) is 0 Å². The fourth-order valence-corrected chi connectivity index (χ4v) is 2.41. The molecule has 0 bridgehead atoms. The molecule has 2 heterocycles. The average molecular weight is 271 g/mol. The number of nitrogens with zero attached hydrogens (tertiary/aromatic N) is 2. The number of aromatic nitrogens is 2. The van der Waals surface area contributed by atoms with Crippen LogP contribution in [0.3, 0.4) is 0 Å². The second-order valence-electron chi connectivity index (χ2n) is 4.86. The summed E-state index contributed by atoms with van der Waals surface area (Å²) in [7, 11) is 0. The average Bonchev–Trinajstić information content (AvgIpc) is 2.83. The fourth-order valence-electron chi connectivity index (χ4n) is 1.76. The number of hydrogen-bond acceptors (Lipinski definition) is 6. The van der Waals surface area contributed by atoms with Gasteiger partial charge in [0.15, 0.2) is 0 Å². The van der Waals surface area contributed by atoms with Crippen molar-refractivity contribution in [2.45, 2.75) is 39.3 Å². The number of hydrogen-bond donors (Lipinski definition) is 1. The van der Waals surface area contributed by atoms with E-state index in [0.717, 1.165) is 44.2 Å². The molecule has 1 N–H and O–H groups in total. The predicted molar refractivity (Wildman–Crippen MR) is 70.9 cm³/mol. The standard InChI is InChI=1S/C12H21N3O2S/c1-9(2)13-7-11-14-15-12(18-11)17-8-10-3-5-16-6-4-10/h9-10,13H,3-8H2,1-2H3. The first-order valence-corrected chi connectivity index (χ1v) is 7.32. The molecule has 0 unspecified atom stereocenters. The van der Waals surface area contributed by atoms with Crippen molar-refractivity contribution in [2.75, 3.05) is 19.8 Å². The molecule has 1 aromatic heterocycles. The van der Waals surface area contributed by atoms with E-state index in [-0.39, 0.29) is 0 Å². The lowest BCUT2D eigenvalue weighted by Crippen LogP contribution is -2.21. The summed E-state index contributed by atoms with van der Waals surface area (Å²) >= 11 is 1.53. The SMILES string of the molecule is CC(C)NCc1nnc(OCC2CCOCC2)s1. The molecule has 102 valence electrons. The zero-order chi connectivity index (χ0) is 12.8. The Bertz CT molecular complexity index is 351. The first kappa shape index (κ1) is 13.7. The van der Waals surface area contributed by atoms with Crippen molar-refractivity contribution in [3.05, 3.63) is 5.01 Å². The van der Waals surface area contributed by atoms with E-state index in [9.17, 15) is 0 Å². The predicted octanol–water partition coefficient (Wildman–Crippen LogP) is 1.84. The van der Waals surface area contributed by atoms with E-state index in [1.54, 1.807) is 0 Å². The molecule has 2 rings (SSSR count). The molecule has 6 heteroatoms. The van der Waals surface area contributed by atoms with Gasteiger partial charge in [-0.1, -0.05) is 25.2 Å². The maximum absolute atomic E-state index is 5.69. The van der Waals surface area contributed by atoms with Crippen LogP contribution in [0.1, 0.15) is 31.7 Å². The topological polar surface area (TPSA) is 56.3 Å². The Morgan fingerprint density at radius 2 is 2.17 bits per heavy atom. The van der Waals surface area contributed by atoms with Crippen LogP contribution < -0.4 is 10.1 Å². The van der Waals surface area contributed by atoms with E-state index in [2.05, 4.69) is 29.4 Å². The summed E-state index contributed by atoms with van der Waals surface area (Å²) < 4.78 is 11.0. The van der Waals surface area contributed by atoms with Crippen LogP contribution in [0.15, 0.2) is 0 Å². The summed E-state index contributed by atoms with van der Waals surface area (Å²) in [6, 6.07) is 0.459. The molecule has 1 aliphatic heterocycles. The summed E-state index contributed by atoms with van der Waals surface area (Å²) in [5, 5.41) is 13.1. The van der Waals surface area contributed by atoms with E-state index in [0.29, 0.717) is 17.2 Å². The molecule has 1 saturated heterocycles. The van der Waals surface area contributed by atoms with Gasteiger partial charge < -0.3 is 14.8 Å². The third kappa shape index (κ3) is 4.51. The van der Waals surface area contributed by atoms with E-state index in [1.165, 1.54) is 11.3 Å². The Hall–Kier alpha value is -0.720. The van der Waals surface area contributed by atoms with Crippen LogP contribution in [0.4, 0.5) is 0 Å². The highest BCUT2D eigenvalue weighted by Crippen LogP contribution is 2.21. The minimum Gasteiger partial charge on any atom is -0.469 e. The maximum Gasteiger partial charge on any atom is 0.294 e. The molecule has 0 aliphatic carbocycles. The summed E-state index contributed by atoms with van der Waals surface area (Å²) in [6.07, 6.45) is 2.17. The van der Waals surface area contributed by atoms with Crippen LogP contribution in [-0.2, 0) is 11.3 Å².